The minimum Gasteiger partial charge on any atom is -0.477 e. The van der Waals surface area contributed by atoms with Crippen LogP contribution < -0.4 is 0 Å². The zero-order chi connectivity index (χ0) is 7.72. The molecule has 0 saturated heterocycles. The van der Waals surface area contributed by atoms with Crippen molar-refractivity contribution in [2.45, 2.75) is 0 Å². The van der Waals surface area contributed by atoms with E-state index in [1.807, 2.05) is 0 Å². The number of nitrogens with zero attached hydrogens (tertiary/aromatic N) is 1. The molecule has 0 unspecified atom stereocenters. The monoisotopic (exact) mass is 197 g/mol. The lowest BCUT2D eigenvalue weighted by Crippen LogP contribution is -1.94. The van der Waals surface area contributed by atoms with Gasteiger partial charge in [0.25, 0.3) is 0 Å². The second kappa shape index (κ2) is 2.74. The highest BCUT2D eigenvalue weighted by Crippen LogP contribution is 2.27. The van der Waals surface area contributed by atoms with E-state index < -0.39 is 5.97 Å². The Kier molecular flexibility index (Phi) is 2.13. The smallest absolute Gasteiger partial charge is 0.341 e. The molecule has 6 heteroatoms. The van der Waals surface area contributed by atoms with Gasteiger partial charge >= 0.3 is 5.97 Å². The van der Waals surface area contributed by atoms with E-state index >= 15 is 0 Å². The zero-order valence-electron chi connectivity index (χ0n) is 4.47. The Morgan fingerprint density at radius 1 is 1.60 bits per heavy atom. The molecule has 0 amide bonds. The Bertz CT molecular complexity index is 253. The number of carboxylic acid groups (broad SMARTS) is 1. The van der Waals surface area contributed by atoms with Gasteiger partial charge in [-0.1, -0.05) is 23.2 Å². The third kappa shape index (κ3) is 1.23. The van der Waals surface area contributed by atoms with Crippen molar-refractivity contribution < 1.29 is 9.90 Å². The van der Waals surface area contributed by atoms with Gasteiger partial charge in [0.2, 0.25) is 0 Å². The number of carbonyl (C=O) groups is 1. The molecule has 54 valence electrons. The van der Waals surface area contributed by atoms with Crippen molar-refractivity contribution >= 4 is 40.7 Å². The summed E-state index contributed by atoms with van der Waals surface area (Å²) >= 11 is 11.7. The van der Waals surface area contributed by atoms with Crippen LogP contribution in [0.4, 0.5) is 0 Å². The van der Waals surface area contributed by atoms with Crippen molar-refractivity contribution in [3.05, 3.63) is 15.1 Å². The first-order chi connectivity index (χ1) is 4.63. The van der Waals surface area contributed by atoms with E-state index in [1.54, 1.807) is 0 Å². The minimum atomic E-state index is -1.15. The Morgan fingerprint density at radius 3 is 2.40 bits per heavy atom. The van der Waals surface area contributed by atoms with Gasteiger partial charge in [0, 0.05) is 0 Å². The molecule has 1 aromatic heterocycles. The number of halogens is 2. The van der Waals surface area contributed by atoms with Gasteiger partial charge in [-0.2, -0.15) is 4.37 Å². The topological polar surface area (TPSA) is 50.2 Å². The van der Waals surface area contributed by atoms with Crippen LogP contribution in [-0.4, -0.2) is 15.4 Å². The van der Waals surface area contributed by atoms with Crippen LogP contribution in [0.5, 0.6) is 0 Å². The van der Waals surface area contributed by atoms with Gasteiger partial charge in [0.1, 0.15) is 9.90 Å². The first-order valence-electron chi connectivity index (χ1n) is 2.17. The molecule has 0 atom stereocenters. The quantitative estimate of drug-likeness (QED) is 0.751. The molecular weight excluding hydrogens is 197 g/mol. The normalized spacial score (nSPS) is 9.80. The Labute approximate surface area is 70.4 Å². The number of aromatic nitrogens is 1. The number of rotatable bonds is 1. The molecule has 1 rings (SSSR count). The molecule has 10 heavy (non-hydrogen) atoms. The van der Waals surface area contributed by atoms with Crippen LogP contribution in [0, 0.1) is 0 Å². The SMILES string of the molecule is O=C(O)c1c(Cl)nsc1Cl. The van der Waals surface area contributed by atoms with Gasteiger partial charge in [-0.25, -0.2) is 4.79 Å². The molecule has 0 saturated carbocycles. The van der Waals surface area contributed by atoms with Crippen LogP contribution in [0.2, 0.25) is 9.49 Å². The van der Waals surface area contributed by atoms with E-state index in [9.17, 15) is 4.79 Å². The first kappa shape index (κ1) is 7.78. The predicted molar refractivity (Wildman–Crippen MR) is 39.1 cm³/mol. The Hall–Kier alpha value is -0.320. The number of hydrogen-bond acceptors (Lipinski definition) is 3. The van der Waals surface area contributed by atoms with Gasteiger partial charge in [-0.3, -0.25) is 0 Å². The van der Waals surface area contributed by atoms with Crippen molar-refractivity contribution in [3.8, 4) is 0 Å². The van der Waals surface area contributed by atoms with Crippen LogP contribution in [-0.2, 0) is 0 Å². The first-order valence-corrected chi connectivity index (χ1v) is 3.70. The van der Waals surface area contributed by atoms with Gasteiger partial charge in [0.15, 0.2) is 5.15 Å². The van der Waals surface area contributed by atoms with Crippen molar-refractivity contribution in [1.29, 1.82) is 0 Å². The molecule has 0 aromatic carbocycles. The number of carboxylic acids is 1. The molecule has 0 aliphatic rings. The molecule has 1 aromatic rings. The lowest BCUT2D eigenvalue weighted by molar-refractivity contribution is 0.0697. The highest BCUT2D eigenvalue weighted by Gasteiger charge is 2.16. The van der Waals surface area contributed by atoms with E-state index in [0.29, 0.717) is 0 Å². The zero-order valence-corrected chi connectivity index (χ0v) is 6.80. The molecule has 0 radical (unpaired) electrons. The molecule has 0 aliphatic heterocycles. The summed E-state index contributed by atoms with van der Waals surface area (Å²) < 4.78 is 3.64. The summed E-state index contributed by atoms with van der Waals surface area (Å²) in [7, 11) is 0. The average molecular weight is 198 g/mol. The van der Waals surface area contributed by atoms with E-state index in [1.165, 1.54) is 0 Å². The lowest BCUT2D eigenvalue weighted by atomic mass is 10.4. The molecule has 3 nitrogen and oxygen atoms in total. The summed E-state index contributed by atoms with van der Waals surface area (Å²) in [5, 5.41) is 8.38. The Morgan fingerprint density at radius 2 is 2.20 bits per heavy atom. The second-order valence-electron chi connectivity index (χ2n) is 1.43. The fraction of sp³-hybridized carbons (Fsp3) is 0. The van der Waals surface area contributed by atoms with Gasteiger partial charge in [-0.05, 0) is 11.5 Å². The van der Waals surface area contributed by atoms with E-state index in [4.69, 9.17) is 28.3 Å². The summed E-state index contributed by atoms with van der Waals surface area (Å²) in [6.45, 7) is 0. The third-order valence-electron chi connectivity index (χ3n) is 0.823. The van der Waals surface area contributed by atoms with Gasteiger partial charge in [0.05, 0.1) is 0 Å². The maximum Gasteiger partial charge on any atom is 0.341 e. The fourth-order valence-electron chi connectivity index (χ4n) is 0.425. The minimum absolute atomic E-state index is 0.0532. The van der Waals surface area contributed by atoms with Gasteiger partial charge < -0.3 is 5.11 Å². The summed E-state index contributed by atoms with van der Waals surface area (Å²) in [4.78, 5) is 10.3. The molecule has 1 N–H and O–H groups in total. The van der Waals surface area contributed by atoms with Gasteiger partial charge in [-0.15, -0.1) is 0 Å². The second-order valence-corrected chi connectivity index (χ2v) is 3.16. The third-order valence-corrected chi connectivity index (χ3v) is 2.23. The largest absolute Gasteiger partial charge is 0.477 e. The predicted octanol–water partition coefficient (Wildman–Crippen LogP) is 2.15. The van der Waals surface area contributed by atoms with E-state index in [-0.39, 0.29) is 15.1 Å². The summed E-state index contributed by atoms with van der Waals surface area (Å²) in [6.07, 6.45) is 0. The number of hydrogen-bond donors (Lipinski definition) is 1. The maximum atomic E-state index is 10.3. The maximum absolute atomic E-state index is 10.3. The summed E-state index contributed by atoms with van der Waals surface area (Å²) in [5.41, 5.74) is -0.117. The van der Waals surface area contributed by atoms with Crippen molar-refractivity contribution in [3.63, 3.8) is 0 Å². The van der Waals surface area contributed by atoms with Crippen molar-refractivity contribution in [2.24, 2.45) is 0 Å². The molecule has 0 aliphatic carbocycles. The average Bonchev–Trinajstić information content (AvgIpc) is 2.11. The fourth-order valence-corrected chi connectivity index (χ4v) is 1.61. The number of aromatic carboxylic acids is 1. The standard InChI is InChI=1S/C4HCl2NO2S/c5-2-1(4(8)9)3(6)10-7-2/h(H,8,9). The molecule has 0 fully saturated rings. The molecule has 0 bridgehead atoms. The molecular formula is C4HCl2NO2S. The lowest BCUT2D eigenvalue weighted by Gasteiger charge is -1.86. The molecule has 1 heterocycles. The van der Waals surface area contributed by atoms with Crippen LogP contribution in [0.3, 0.4) is 0 Å². The van der Waals surface area contributed by atoms with Crippen LogP contribution in [0.1, 0.15) is 10.4 Å². The summed E-state index contributed by atoms with van der Waals surface area (Å²) in [6, 6.07) is 0. The molecule has 0 spiro atoms. The van der Waals surface area contributed by atoms with Crippen molar-refractivity contribution in [1.82, 2.24) is 4.37 Å². The highest BCUT2D eigenvalue weighted by atomic mass is 35.5. The highest BCUT2D eigenvalue weighted by molar-refractivity contribution is 7.11. The summed E-state index contributed by atoms with van der Waals surface area (Å²) in [5.74, 6) is -1.15. The van der Waals surface area contributed by atoms with Crippen LogP contribution >= 0.6 is 34.7 Å². The van der Waals surface area contributed by atoms with Crippen LogP contribution in [0.15, 0.2) is 0 Å². The van der Waals surface area contributed by atoms with E-state index in [2.05, 4.69) is 4.37 Å². The Balaban J connectivity index is 3.23. The van der Waals surface area contributed by atoms with E-state index in [0.717, 1.165) is 11.5 Å². The van der Waals surface area contributed by atoms with Crippen LogP contribution in [0.25, 0.3) is 0 Å². The van der Waals surface area contributed by atoms with Crippen molar-refractivity contribution in [2.75, 3.05) is 0 Å².